The Hall–Kier alpha value is -3.84. The number of amidine groups is 1. The first-order chi connectivity index (χ1) is 14.4. The van der Waals surface area contributed by atoms with Crippen LogP contribution in [0.3, 0.4) is 0 Å². The molecule has 8 heteroatoms. The van der Waals surface area contributed by atoms with Crippen molar-refractivity contribution in [1.82, 2.24) is 0 Å². The van der Waals surface area contributed by atoms with Crippen LogP contribution in [0.5, 0.6) is 0 Å². The molecule has 3 aromatic rings. The summed E-state index contributed by atoms with van der Waals surface area (Å²) in [6, 6.07) is 18.3. The van der Waals surface area contributed by atoms with Crippen molar-refractivity contribution in [1.29, 1.82) is 0 Å². The number of non-ortho nitro benzene ring substituents is 1. The fraction of sp³-hybridized carbons (Fsp3) is 0. The highest BCUT2D eigenvalue weighted by Crippen LogP contribution is 2.29. The summed E-state index contributed by atoms with van der Waals surface area (Å²) < 4.78 is 14.5. The van der Waals surface area contributed by atoms with Gasteiger partial charge in [0.05, 0.1) is 16.2 Å². The maximum absolute atomic E-state index is 14.5. The van der Waals surface area contributed by atoms with Gasteiger partial charge in [0, 0.05) is 17.2 Å². The molecule has 0 fully saturated rings. The number of hydrogen-bond donors (Lipinski definition) is 0. The lowest BCUT2D eigenvalue weighted by atomic mass is 10.1. The molecule has 3 aromatic carbocycles. The van der Waals surface area contributed by atoms with Crippen molar-refractivity contribution in [3.05, 3.63) is 111 Å². The third-order valence-corrected chi connectivity index (χ3v) is 4.72. The zero-order valence-electron chi connectivity index (χ0n) is 15.3. The number of nitro benzene ring substituents is 1. The van der Waals surface area contributed by atoms with Crippen LogP contribution in [0, 0.1) is 15.9 Å². The Morgan fingerprint density at radius 3 is 2.30 bits per heavy atom. The zero-order valence-corrected chi connectivity index (χ0v) is 16.1. The number of rotatable bonds is 4. The molecule has 0 saturated carbocycles. The van der Waals surface area contributed by atoms with E-state index in [9.17, 15) is 19.3 Å². The van der Waals surface area contributed by atoms with E-state index in [1.165, 1.54) is 41.3 Å². The number of aliphatic imine (C=N–C) groups is 1. The number of nitrogens with zero attached hydrogens (tertiary/aromatic N) is 3. The third-order valence-electron chi connectivity index (χ3n) is 4.47. The summed E-state index contributed by atoms with van der Waals surface area (Å²) in [5.41, 5.74) is 1.23. The molecule has 0 aromatic heterocycles. The molecular formula is C22H13ClFN3O3. The minimum Gasteiger partial charge on any atom is -0.266 e. The molecule has 0 bridgehead atoms. The van der Waals surface area contributed by atoms with Crippen LogP contribution in [-0.2, 0) is 4.79 Å². The Labute approximate surface area is 175 Å². The average Bonchev–Trinajstić information content (AvgIpc) is 3.05. The molecule has 1 aliphatic heterocycles. The Balaban J connectivity index is 1.80. The molecule has 0 N–H and O–H groups in total. The molecule has 30 heavy (non-hydrogen) atoms. The van der Waals surface area contributed by atoms with Gasteiger partial charge in [-0.05, 0) is 60.2 Å². The topological polar surface area (TPSA) is 75.8 Å². The summed E-state index contributed by atoms with van der Waals surface area (Å²) in [5.74, 6) is -0.817. The molecule has 0 saturated heterocycles. The van der Waals surface area contributed by atoms with E-state index in [-0.39, 0.29) is 22.8 Å². The van der Waals surface area contributed by atoms with Crippen LogP contribution in [-0.4, -0.2) is 16.7 Å². The number of amides is 1. The van der Waals surface area contributed by atoms with E-state index in [0.29, 0.717) is 16.3 Å². The van der Waals surface area contributed by atoms with E-state index in [4.69, 9.17) is 11.6 Å². The Kier molecular flexibility index (Phi) is 5.12. The molecule has 6 nitrogen and oxygen atoms in total. The van der Waals surface area contributed by atoms with Crippen LogP contribution >= 0.6 is 11.6 Å². The van der Waals surface area contributed by atoms with Crippen LogP contribution in [0.15, 0.2) is 83.5 Å². The zero-order chi connectivity index (χ0) is 21.3. The first-order valence-electron chi connectivity index (χ1n) is 8.84. The lowest BCUT2D eigenvalue weighted by Gasteiger charge is -2.18. The molecule has 4 rings (SSSR count). The number of carbonyl (C=O) groups excluding carboxylic acids is 1. The van der Waals surface area contributed by atoms with Gasteiger partial charge in [0.2, 0.25) is 0 Å². The van der Waals surface area contributed by atoms with Crippen molar-refractivity contribution in [3.63, 3.8) is 0 Å². The molecule has 1 aliphatic rings. The van der Waals surface area contributed by atoms with E-state index < -0.39 is 16.6 Å². The predicted molar refractivity (Wildman–Crippen MR) is 113 cm³/mol. The smallest absolute Gasteiger partial charge is 0.266 e. The van der Waals surface area contributed by atoms with Gasteiger partial charge in [0.15, 0.2) is 5.84 Å². The molecule has 148 valence electrons. The van der Waals surface area contributed by atoms with Gasteiger partial charge >= 0.3 is 0 Å². The Morgan fingerprint density at radius 1 is 1.00 bits per heavy atom. The van der Waals surface area contributed by atoms with Gasteiger partial charge in [-0.25, -0.2) is 9.38 Å². The van der Waals surface area contributed by atoms with E-state index in [0.717, 1.165) is 0 Å². The summed E-state index contributed by atoms with van der Waals surface area (Å²) in [4.78, 5) is 29.2. The molecule has 1 amide bonds. The van der Waals surface area contributed by atoms with E-state index in [1.54, 1.807) is 42.5 Å². The minimum absolute atomic E-state index is 0.0618. The maximum atomic E-state index is 14.5. The van der Waals surface area contributed by atoms with Crippen molar-refractivity contribution in [2.75, 3.05) is 4.90 Å². The fourth-order valence-corrected chi connectivity index (χ4v) is 3.15. The molecule has 0 spiro atoms. The van der Waals surface area contributed by atoms with Crippen molar-refractivity contribution in [3.8, 4) is 0 Å². The first kappa shape index (κ1) is 19.5. The van der Waals surface area contributed by atoms with Crippen molar-refractivity contribution in [2.45, 2.75) is 0 Å². The highest BCUT2D eigenvalue weighted by Gasteiger charge is 2.33. The van der Waals surface area contributed by atoms with E-state index >= 15 is 0 Å². The number of anilines is 1. The Morgan fingerprint density at radius 2 is 1.67 bits per heavy atom. The third kappa shape index (κ3) is 3.70. The monoisotopic (exact) mass is 421 g/mol. The van der Waals surface area contributed by atoms with Gasteiger partial charge in [-0.2, -0.15) is 0 Å². The Bertz CT molecular complexity index is 1210. The second-order valence-electron chi connectivity index (χ2n) is 6.41. The summed E-state index contributed by atoms with van der Waals surface area (Å²) in [6.07, 6.45) is 1.50. The van der Waals surface area contributed by atoms with E-state index in [1.807, 2.05) is 0 Å². The second-order valence-corrected chi connectivity index (χ2v) is 6.85. The molecule has 0 aliphatic carbocycles. The van der Waals surface area contributed by atoms with Crippen LogP contribution < -0.4 is 4.90 Å². The summed E-state index contributed by atoms with van der Waals surface area (Å²) in [5, 5.41) is 11.3. The number of benzene rings is 3. The maximum Gasteiger partial charge on any atom is 0.282 e. The van der Waals surface area contributed by atoms with Crippen molar-refractivity contribution in [2.24, 2.45) is 4.99 Å². The van der Waals surface area contributed by atoms with Gasteiger partial charge in [-0.3, -0.25) is 19.8 Å². The standard InChI is InChI=1S/C22H13ClFN3O3/c23-15-7-11-16(12-8-15)26-21(18-3-1-2-4-19(18)24)25-20(22(26)28)13-14-5-9-17(10-6-14)27(29)30/h1-13H/b20-13+. The van der Waals surface area contributed by atoms with Gasteiger partial charge in [0.25, 0.3) is 11.6 Å². The van der Waals surface area contributed by atoms with Crippen molar-refractivity contribution >= 4 is 40.8 Å². The largest absolute Gasteiger partial charge is 0.282 e. The summed E-state index contributed by atoms with van der Waals surface area (Å²) in [6.45, 7) is 0. The minimum atomic E-state index is -0.514. The summed E-state index contributed by atoms with van der Waals surface area (Å²) >= 11 is 5.95. The van der Waals surface area contributed by atoms with Crippen molar-refractivity contribution < 1.29 is 14.1 Å². The molecule has 0 radical (unpaired) electrons. The van der Waals surface area contributed by atoms with Gasteiger partial charge < -0.3 is 0 Å². The summed E-state index contributed by atoms with van der Waals surface area (Å²) in [7, 11) is 0. The lowest BCUT2D eigenvalue weighted by molar-refractivity contribution is -0.384. The number of halogens is 2. The molecule has 1 heterocycles. The van der Waals surface area contributed by atoms with Gasteiger partial charge in [-0.15, -0.1) is 0 Å². The average molecular weight is 422 g/mol. The molecular weight excluding hydrogens is 409 g/mol. The quantitative estimate of drug-likeness (QED) is 0.329. The van der Waals surface area contributed by atoms with E-state index in [2.05, 4.69) is 4.99 Å². The second kappa shape index (κ2) is 7.88. The first-order valence-corrected chi connectivity index (χ1v) is 9.21. The predicted octanol–water partition coefficient (Wildman–Crippen LogP) is 5.22. The molecule has 0 atom stereocenters. The van der Waals surface area contributed by atoms with Crippen LogP contribution in [0.2, 0.25) is 5.02 Å². The fourth-order valence-electron chi connectivity index (χ4n) is 3.02. The number of nitro groups is 1. The number of carbonyl (C=O) groups is 1. The number of hydrogen-bond acceptors (Lipinski definition) is 4. The normalized spacial score (nSPS) is 14.9. The van der Waals surface area contributed by atoms with Gasteiger partial charge in [-0.1, -0.05) is 23.7 Å². The van der Waals surface area contributed by atoms with Crippen LogP contribution in [0.25, 0.3) is 6.08 Å². The highest BCUT2D eigenvalue weighted by atomic mass is 35.5. The molecule has 0 unspecified atom stereocenters. The SMILES string of the molecule is O=C1/C(=C\c2ccc([N+](=O)[O-])cc2)N=C(c2ccccc2F)N1c1ccc(Cl)cc1. The highest BCUT2D eigenvalue weighted by molar-refractivity contribution is 6.34. The van der Waals surface area contributed by atoms with Gasteiger partial charge in [0.1, 0.15) is 11.5 Å². The van der Waals surface area contributed by atoms with Crippen LogP contribution in [0.1, 0.15) is 11.1 Å². The van der Waals surface area contributed by atoms with Crippen LogP contribution in [0.4, 0.5) is 15.8 Å². The lowest BCUT2D eigenvalue weighted by Crippen LogP contribution is -2.33.